The summed E-state index contributed by atoms with van der Waals surface area (Å²) in [4.78, 5) is 0. The first kappa shape index (κ1) is 12.2. The van der Waals surface area contributed by atoms with Crippen LogP contribution >= 0.6 is 0 Å². The second kappa shape index (κ2) is 5.06. The number of rotatable bonds is 4. The van der Waals surface area contributed by atoms with Crippen molar-refractivity contribution in [3.8, 4) is 0 Å². The highest BCUT2D eigenvalue weighted by Crippen LogP contribution is 2.31. The van der Waals surface area contributed by atoms with E-state index in [-0.39, 0.29) is 0 Å². The zero-order valence-electron chi connectivity index (χ0n) is 11.4. The lowest BCUT2D eigenvalue weighted by Gasteiger charge is -2.16. The minimum Gasteiger partial charge on any atom is -0.456 e. The Balaban J connectivity index is 2.15. The molecule has 0 radical (unpaired) electrons. The lowest BCUT2D eigenvalue weighted by atomic mass is 10.0. The highest BCUT2D eigenvalue weighted by molar-refractivity contribution is 6.05. The maximum Gasteiger partial charge on any atom is 0.135 e. The summed E-state index contributed by atoms with van der Waals surface area (Å²) in [5.74, 6) is 0. The van der Waals surface area contributed by atoms with Gasteiger partial charge in [-0.1, -0.05) is 38.1 Å². The molecule has 1 heterocycles. The summed E-state index contributed by atoms with van der Waals surface area (Å²) in [7, 11) is 0. The van der Waals surface area contributed by atoms with Crippen molar-refractivity contribution in [1.82, 2.24) is 5.32 Å². The largest absolute Gasteiger partial charge is 0.456 e. The normalized spacial score (nSPS) is 13.2. The third-order valence-electron chi connectivity index (χ3n) is 3.66. The van der Waals surface area contributed by atoms with Gasteiger partial charge in [0.25, 0.3) is 0 Å². The molecule has 2 aromatic carbocycles. The first-order valence-corrected chi connectivity index (χ1v) is 6.98. The third kappa shape index (κ3) is 2.13. The van der Waals surface area contributed by atoms with Crippen LogP contribution in [0.15, 0.2) is 46.9 Å². The molecule has 0 amide bonds. The highest BCUT2D eigenvalue weighted by atomic mass is 16.3. The molecule has 2 nitrogen and oxygen atoms in total. The van der Waals surface area contributed by atoms with Gasteiger partial charge in [-0.2, -0.15) is 0 Å². The van der Waals surface area contributed by atoms with Crippen molar-refractivity contribution in [3.05, 3.63) is 48.0 Å². The standard InChI is InChI=1S/C17H19NO/c1-3-15(18-4-2)12-9-10-17-14(11-12)13-7-5-6-8-16(13)19-17/h5-11,15,18H,3-4H2,1-2H3. The zero-order chi connectivity index (χ0) is 13.2. The van der Waals surface area contributed by atoms with Gasteiger partial charge in [-0.3, -0.25) is 0 Å². The number of furan rings is 1. The Bertz CT molecular complexity index is 699. The Kier molecular flexibility index (Phi) is 3.26. The quantitative estimate of drug-likeness (QED) is 0.732. The molecule has 19 heavy (non-hydrogen) atoms. The maximum atomic E-state index is 5.86. The highest BCUT2D eigenvalue weighted by Gasteiger charge is 2.11. The Morgan fingerprint density at radius 2 is 1.79 bits per heavy atom. The minimum absolute atomic E-state index is 0.420. The fourth-order valence-corrected chi connectivity index (χ4v) is 2.70. The average molecular weight is 253 g/mol. The SMILES string of the molecule is CCNC(CC)c1ccc2oc3ccccc3c2c1. The van der Waals surface area contributed by atoms with Crippen LogP contribution in [0.25, 0.3) is 21.9 Å². The molecule has 0 aliphatic rings. The summed E-state index contributed by atoms with van der Waals surface area (Å²) < 4.78 is 5.86. The Labute approximate surface area is 113 Å². The lowest BCUT2D eigenvalue weighted by molar-refractivity contribution is 0.537. The van der Waals surface area contributed by atoms with Crippen molar-refractivity contribution in [1.29, 1.82) is 0 Å². The molecule has 3 aromatic rings. The summed E-state index contributed by atoms with van der Waals surface area (Å²) >= 11 is 0. The molecule has 1 N–H and O–H groups in total. The zero-order valence-corrected chi connectivity index (χ0v) is 11.4. The Morgan fingerprint density at radius 3 is 2.58 bits per heavy atom. The first-order valence-electron chi connectivity index (χ1n) is 6.98. The van der Waals surface area contributed by atoms with Gasteiger partial charge < -0.3 is 9.73 Å². The molecule has 0 saturated carbocycles. The molecule has 0 aliphatic heterocycles. The second-order valence-corrected chi connectivity index (χ2v) is 4.87. The van der Waals surface area contributed by atoms with Gasteiger partial charge in [0.1, 0.15) is 11.2 Å². The van der Waals surface area contributed by atoms with Crippen LogP contribution in [-0.2, 0) is 0 Å². The third-order valence-corrected chi connectivity index (χ3v) is 3.66. The van der Waals surface area contributed by atoms with Crippen LogP contribution < -0.4 is 5.32 Å². The van der Waals surface area contributed by atoms with E-state index in [1.54, 1.807) is 0 Å². The van der Waals surface area contributed by atoms with Gasteiger partial charge in [-0.15, -0.1) is 0 Å². The number of hydrogen-bond donors (Lipinski definition) is 1. The molecule has 0 aliphatic carbocycles. The molecule has 2 heteroatoms. The van der Waals surface area contributed by atoms with Crippen molar-refractivity contribution < 1.29 is 4.42 Å². The Morgan fingerprint density at radius 1 is 1.00 bits per heavy atom. The van der Waals surface area contributed by atoms with Crippen LogP contribution in [0.2, 0.25) is 0 Å². The molecule has 0 spiro atoms. The maximum absolute atomic E-state index is 5.86. The van der Waals surface area contributed by atoms with Gasteiger partial charge in [0.2, 0.25) is 0 Å². The molecule has 0 fully saturated rings. The van der Waals surface area contributed by atoms with Crippen molar-refractivity contribution in [2.75, 3.05) is 6.54 Å². The van der Waals surface area contributed by atoms with Crippen molar-refractivity contribution >= 4 is 21.9 Å². The molecule has 1 atom stereocenters. The average Bonchev–Trinajstić information content (AvgIpc) is 2.82. The molecule has 1 unspecified atom stereocenters. The topological polar surface area (TPSA) is 25.2 Å². The van der Waals surface area contributed by atoms with Crippen molar-refractivity contribution in [2.24, 2.45) is 0 Å². The summed E-state index contributed by atoms with van der Waals surface area (Å²) in [6, 6.07) is 15.2. The van der Waals surface area contributed by atoms with Gasteiger partial charge in [0.15, 0.2) is 0 Å². The molecular weight excluding hydrogens is 234 g/mol. The van der Waals surface area contributed by atoms with Gasteiger partial charge >= 0.3 is 0 Å². The van der Waals surface area contributed by atoms with Crippen LogP contribution in [0.3, 0.4) is 0 Å². The fourth-order valence-electron chi connectivity index (χ4n) is 2.70. The fraction of sp³-hybridized carbons (Fsp3) is 0.294. The van der Waals surface area contributed by atoms with E-state index < -0.39 is 0 Å². The Hall–Kier alpha value is -1.80. The summed E-state index contributed by atoms with van der Waals surface area (Å²) in [6.45, 7) is 5.35. The van der Waals surface area contributed by atoms with E-state index in [0.717, 1.165) is 24.1 Å². The summed E-state index contributed by atoms with van der Waals surface area (Å²) in [5, 5.41) is 5.94. The van der Waals surface area contributed by atoms with Crippen LogP contribution in [-0.4, -0.2) is 6.54 Å². The van der Waals surface area contributed by atoms with E-state index in [1.165, 1.54) is 16.3 Å². The first-order chi connectivity index (χ1) is 9.33. The lowest BCUT2D eigenvalue weighted by Crippen LogP contribution is -2.19. The molecule has 0 saturated heterocycles. The van der Waals surface area contributed by atoms with Crippen LogP contribution in [0.4, 0.5) is 0 Å². The smallest absolute Gasteiger partial charge is 0.135 e. The predicted octanol–water partition coefficient (Wildman–Crippen LogP) is 4.65. The van der Waals surface area contributed by atoms with Crippen molar-refractivity contribution in [2.45, 2.75) is 26.3 Å². The number of nitrogens with one attached hydrogen (secondary N) is 1. The number of fused-ring (bicyclic) bond motifs is 3. The van der Waals surface area contributed by atoms with E-state index in [0.29, 0.717) is 6.04 Å². The second-order valence-electron chi connectivity index (χ2n) is 4.87. The van der Waals surface area contributed by atoms with Gasteiger partial charge in [0, 0.05) is 16.8 Å². The monoisotopic (exact) mass is 253 g/mol. The van der Waals surface area contributed by atoms with E-state index >= 15 is 0 Å². The minimum atomic E-state index is 0.420. The summed E-state index contributed by atoms with van der Waals surface area (Å²) in [5.41, 5.74) is 3.27. The molecule has 1 aromatic heterocycles. The van der Waals surface area contributed by atoms with E-state index in [1.807, 2.05) is 12.1 Å². The van der Waals surface area contributed by atoms with Crippen LogP contribution in [0, 0.1) is 0 Å². The molecular formula is C17H19NO. The molecule has 98 valence electrons. The van der Waals surface area contributed by atoms with Crippen LogP contribution in [0.1, 0.15) is 31.9 Å². The number of benzene rings is 2. The van der Waals surface area contributed by atoms with Crippen LogP contribution in [0.5, 0.6) is 0 Å². The summed E-state index contributed by atoms with van der Waals surface area (Å²) in [6.07, 6.45) is 1.09. The number of para-hydroxylation sites is 1. The van der Waals surface area contributed by atoms with E-state index in [4.69, 9.17) is 4.42 Å². The van der Waals surface area contributed by atoms with Crippen molar-refractivity contribution in [3.63, 3.8) is 0 Å². The number of hydrogen-bond acceptors (Lipinski definition) is 2. The van der Waals surface area contributed by atoms with Gasteiger partial charge in [-0.05, 0) is 36.7 Å². The van der Waals surface area contributed by atoms with E-state index in [9.17, 15) is 0 Å². The molecule has 3 rings (SSSR count). The van der Waals surface area contributed by atoms with E-state index in [2.05, 4.69) is 49.5 Å². The van der Waals surface area contributed by atoms with Gasteiger partial charge in [0.05, 0.1) is 0 Å². The van der Waals surface area contributed by atoms with Gasteiger partial charge in [-0.25, -0.2) is 0 Å². The molecule has 0 bridgehead atoms. The predicted molar refractivity (Wildman–Crippen MR) is 80.4 cm³/mol.